The fourth-order valence-electron chi connectivity index (χ4n) is 2.75. The Labute approximate surface area is 131 Å². The number of pyridine rings is 1. The summed E-state index contributed by atoms with van der Waals surface area (Å²) < 4.78 is 1.83. The second-order valence-corrected chi connectivity index (χ2v) is 5.72. The van der Waals surface area contributed by atoms with Crippen LogP contribution in [0.2, 0.25) is 5.02 Å². The molecule has 0 aliphatic carbocycles. The maximum Gasteiger partial charge on any atom is 0.163 e. The number of halogens is 1. The van der Waals surface area contributed by atoms with Gasteiger partial charge >= 0.3 is 0 Å². The summed E-state index contributed by atoms with van der Waals surface area (Å²) in [5.41, 5.74) is 4.93. The lowest BCUT2D eigenvalue weighted by molar-refractivity contribution is 0.885. The molecular formula is C16H14ClN5. The Kier molecular flexibility index (Phi) is 2.90. The van der Waals surface area contributed by atoms with E-state index in [9.17, 15) is 0 Å². The largest absolute Gasteiger partial charge is 0.276 e. The van der Waals surface area contributed by atoms with Crippen LogP contribution in [0.15, 0.2) is 30.6 Å². The van der Waals surface area contributed by atoms with Crippen molar-refractivity contribution in [2.45, 2.75) is 20.3 Å². The number of aromatic nitrogens is 5. The summed E-state index contributed by atoms with van der Waals surface area (Å²) in [4.78, 5) is 4.65. The molecular weight excluding hydrogens is 298 g/mol. The van der Waals surface area contributed by atoms with Gasteiger partial charge < -0.3 is 0 Å². The van der Waals surface area contributed by atoms with E-state index in [0.717, 1.165) is 45.5 Å². The van der Waals surface area contributed by atoms with Gasteiger partial charge in [-0.15, -0.1) is 0 Å². The van der Waals surface area contributed by atoms with Gasteiger partial charge in [-0.2, -0.15) is 10.2 Å². The van der Waals surface area contributed by atoms with Crippen molar-refractivity contribution in [3.8, 4) is 11.1 Å². The summed E-state index contributed by atoms with van der Waals surface area (Å²) in [6, 6.07) is 6.07. The van der Waals surface area contributed by atoms with Gasteiger partial charge in [0.25, 0.3) is 0 Å². The molecule has 0 spiro atoms. The molecule has 5 nitrogen and oxygen atoms in total. The molecule has 1 N–H and O–H groups in total. The highest BCUT2D eigenvalue weighted by Crippen LogP contribution is 2.33. The first kappa shape index (κ1) is 13.3. The van der Waals surface area contributed by atoms with Crippen molar-refractivity contribution in [1.82, 2.24) is 24.8 Å². The van der Waals surface area contributed by atoms with E-state index < -0.39 is 0 Å². The minimum Gasteiger partial charge on any atom is -0.276 e. The predicted octanol–water partition coefficient (Wildman–Crippen LogP) is 3.80. The predicted molar refractivity (Wildman–Crippen MR) is 87.2 cm³/mol. The molecule has 22 heavy (non-hydrogen) atoms. The molecule has 0 saturated carbocycles. The highest BCUT2D eigenvalue weighted by molar-refractivity contribution is 6.35. The van der Waals surface area contributed by atoms with E-state index in [1.165, 1.54) is 0 Å². The first-order chi connectivity index (χ1) is 10.7. The number of nitrogens with zero attached hydrogens (tertiary/aromatic N) is 4. The molecule has 0 fully saturated rings. The molecule has 0 radical (unpaired) electrons. The summed E-state index contributed by atoms with van der Waals surface area (Å²) in [5, 5.41) is 13.1. The van der Waals surface area contributed by atoms with Crippen molar-refractivity contribution >= 4 is 28.2 Å². The number of H-pyrrole nitrogens is 1. The van der Waals surface area contributed by atoms with Crippen LogP contribution in [0, 0.1) is 6.92 Å². The van der Waals surface area contributed by atoms with Gasteiger partial charge in [0.15, 0.2) is 11.5 Å². The lowest BCUT2D eigenvalue weighted by atomic mass is 10.0. The Morgan fingerprint density at radius 2 is 2.18 bits per heavy atom. The lowest BCUT2D eigenvalue weighted by Crippen LogP contribution is -1.93. The number of hydrogen-bond donors (Lipinski definition) is 1. The molecule has 0 saturated heterocycles. The van der Waals surface area contributed by atoms with Crippen LogP contribution in [0.4, 0.5) is 0 Å². The van der Waals surface area contributed by atoms with Gasteiger partial charge in [-0.3, -0.25) is 5.10 Å². The number of fused-ring (bicyclic) bond motifs is 2. The van der Waals surface area contributed by atoms with Crippen LogP contribution in [-0.4, -0.2) is 24.8 Å². The van der Waals surface area contributed by atoms with Crippen LogP contribution in [0.5, 0.6) is 0 Å². The summed E-state index contributed by atoms with van der Waals surface area (Å²) in [7, 11) is 0. The SMILES string of the molecule is CCc1nc2c(-c3cc(Cl)c4[nH]ncc4c3)c(C)ccn2n1. The lowest BCUT2D eigenvalue weighted by Gasteiger charge is -2.08. The minimum absolute atomic E-state index is 0.654. The first-order valence-corrected chi connectivity index (χ1v) is 7.53. The third-order valence-electron chi connectivity index (χ3n) is 3.86. The molecule has 0 bridgehead atoms. The van der Waals surface area contributed by atoms with Crippen LogP contribution in [-0.2, 0) is 6.42 Å². The maximum absolute atomic E-state index is 6.38. The van der Waals surface area contributed by atoms with Gasteiger partial charge in [-0.1, -0.05) is 18.5 Å². The van der Waals surface area contributed by atoms with Crippen molar-refractivity contribution in [3.05, 3.63) is 47.0 Å². The van der Waals surface area contributed by atoms with Gasteiger partial charge in [0, 0.05) is 23.6 Å². The van der Waals surface area contributed by atoms with Gasteiger partial charge in [0.05, 0.1) is 16.7 Å². The molecule has 4 rings (SSSR count). The van der Waals surface area contributed by atoms with E-state index in [4.69, 9.17) is 11.6 Å². The van der Waals surface area contributed by atoms with Gasteiger partial charge in [0.2, 0.25) is 0 Å². The van der Waals surface area contributed by atoms with E-state index in [0.29, 0.717) is 5.02 Å². The topological polar surface area (TPSA) is 58.9 Å². The highest BCUT2D eigenvalue weighted by atomic mass is 35.5. The molecule has 6 heteroatoms. The van der Waals surface area contributed by atoms with Crippen molar-refractivity contribution < 1.29 is 0 Å². The molecule has 0 unspecified atom stereocenters. The van der Waals surface area contributed by atoms with Crippen molar-refractivity contribution in [1.29, 1.82) is 0 Å². The Balaban J connectivity index is 2.06. The van der Waals surface area contributed by atoms with E-state index in [2.05, 4.69) is 40.2 Å². The normalized spacial score (nSPS) is 11.6. The second kappa shape index (κ2) is 4.81. The second-order valence-electron chi connectivity index (χ2n) is 5.32. The molecule has 0 atom stereocenters. The fourth-order valence-corrected chi connectivity index (χ4v) is 3.02. The zero-order chi connectivity index (χ0) is 15.3. The Morgan fingerprint density at radius 3 is 3.00 bits per heavy atom. The average Bonchev–Trinajstić information content (AvgIpc) is 3.12. The van der Waals surface area contributed by atoms with Gasteiger partial charge in [-0.05, 0) is 36.2 Å². The van der Waals surface area contributed by atoms with E-state index in [1.807, 2.05) is 22.8 Å². The van der Waals surface area contributed by atoms with Crippen LogP contribution < -0.4 is 0 Å². The van der Waals surface area contributed by atoms with Crippen LogP contribution in [0.3, 0.4) is 0 Å². The van der Waals surface area contributed by atoms with Crippen molar-refractivity contribution in [2.24, 2.45) is 0 Å². The molecule has 3 aromatic heterocycles. The minimum atomic E-state index is 0.654. The zero-order valence-corrected chi connectivity index (χ0v) is 13.0. The summed E-state index contributed by atoms with van der Waals surface area (Å²) >= 11 is 6.38. The monoisotopic (exact) mass is 311 g/mol. The number of hydrogen-bond acceptors (Lipinski definition) is 3. The third-order valence-corrected chi connectivity index (χ3v) is 4.16. The molecule has 110 valence electrons. The van der Waals surface area contributed by atoms with E-state index in [1.54, 1.807) is 6.20 Å². The highest BCUT2D eigenvalue weighted by Gasteiger charge is 2.14. The molecule has 1 aromatic carbocycles. The number of benzene rings is 1. The van der Waals surface area contributed by atoms with Crippen molar-refractivity contribution in [2.75, 3.05) is 0 Å². The molecule has 0 aliphatic rings. The standard InChI is InChI=1S/C16H14ClN5/c1-3-13-19-16-14(9(2)4-5-22(16)21-13)10-6-11-8-18-20-15(11)12(17)7-10/h4-8H,3H2,1-2H3,(H,18,20). The van der Waals surface area contributed by atoms with Crippen LogP contribution >= 0.6 is 11.6 Å². The Hall–Kier alpha value is -2.40. The van der Waals surface area contributed by atoms with Crippen LogP contribution in [0.25, 0.3) is 27.7 Å². The first-order valence-electron chi connectivity index (χ1n) is 7.15. The van der Waals surface area contributed by atoms with Crippen LogP contribution in [0.1, 0.15) is 18.3 Å². The summed E-state index contributed by atoms with van der Waals surface area (Å²) in [5.74, 6) is 0.835. The maximum atomic E-state index is 6.38. The molecule has 0 aliphatic heterocycles. The van der Waals surface area contributed by atoms with Crippen molar-refractivity contribution in [3.63, 3.8) is 0 Å². The third kappa shape index (κ3) is 1.89. The van der Waals surface area contributed by atoms with E-state index >= 15 is 0 Å². The smallest absolute Gasteiger partial charge is 0.163 e. The summed E-state index contributed by atoms with van der Waals surface area (Å²) in [6.07, 6.45) is 4.53. The molecule has 3 heterocycles. The molecule has 4 aromatic rings. The number of aryl methyl sites for hydroxylation is 2. The quantitative estimate of drug-likeness (QED) is 0.612. The Morgan fingerprint density at radius 1 is 1.32 bits per heavy atom. The average molecular weight is 312 g/mol. The number of rotatable bonds is 2. The van der Waals surface area contributed by atoms with E-state index in [-0.39, 0.29) is 0 Å². The number of nitrogens with one attached hydrogen (secondary N) is 1. The molecule has 0 amide bonds. The summed E-state index contributed by atoms with van der Waals surface area (Å²) in [6.45, 7) is 4.12. The van der Waals surface area contributed by atoms with Gasteiger partial charge in [0.1, 0.15) is 0 Å². The van der Waals surface area contributed by atoms with Gasteiger partial charge in [-0.25, -0.2) is 9.50 Å². The fraction of sp³-hybridized carbons (Fsp3) is 0.188. The number of aromatic amines is 1. The zero-order valence-electron chi connectivity index (χ0n) is 12.3. The Bertz CT molecular complexity index is 999.